The monoisotopic (exact) mass is 854 g/mol. The average Bonchev–Trinajstić information content (AvgIpc) is 3.52. The molecule has 2 aromatic heterocycles. The summed E-state index contributed by atoms with van der Waals surface area (Å²) in [6, 6.07) is 12.7. The number of fused-ring (bicyclic) bond motifs is 2. The molecule has 5 aliphatic rings. The minimum absolute atomic E-state index is 0.0804. The van der Waals surface area contributed by atoms with E-state index in [0.717, 1.165) is 69.2 Å². The molecule has 17 nitrogen and oxygen atoms in total. The van der Waals surface area contributed by atoms with Crippen LogP contribution in [0.1, 0.15) is 90.0 Å². The first-order chi connectivity index (χ1) is 30.1. The third kappa shape index (κ3) is 7.45. The van der Waals surface area contributed by atoms with Crippen LogP contribution in [0.2, 0.25) is 0 Å². The summed E-state index contributed by atoms with van der Waals surface area (Å²) >= 11 is 0. The summed E-state index contributed by atoms with van der Waals surface area (Å²) in [5.41, 5.74) is 1.37. The van der Waals surface area contributed by atoms with Gasteiger partial charge in [0.2, 0.25) is 23.3 Å². The van der Waals surface area contributed by atoms with Crippen molar-refractivity contribution in [1.29, 1.82) is 5.26 Å². The zero-order valence-electron chi connectivity index (χ0n) is 35.8. The number of nitriles is 1. The number of imide groups is 2. The fraction of sp³-hybridized carbons (Fsp3) is 0.457. The van der Waals surface area contributed by atoms with Gasteiger partial charge in [-0.1, -0.05) is 27.7 Å². The molecule has 2 aromatic carbocycles. The largest absolute Gasteiger partial charge is 0.488 e. The third-order valence-corrected chi connectivity index (χ3v) is 13.8. The molecular formula is C46H50N10O7. The van der Waals surface area contributed by atoms with Gasteiger partial charge in [-0.25, -0.2) is 9.97 Å². The summed E-state index contributed by atoms with van der Waals surface area (Å²) in [5, 5.41) is 15.7. The van der Waals surface area contributed by atoms with Crippen LogP contribution in [0.5, 0.6) is 5.75 Å². The lowest BCUT2D eigenvalue weighted by Crippen LogP contribution is -2.74. The van der Waals surface area contributed by atoms with Crippen molar-refractivity contribution in [1.82, 2.24) is 35.4 Å². The molecule has 3 N–H and O–H groups in total. The number of aromatic nitrogens is 3. The van der Waals surface area contributed by atoms with E-state index in [1.54, 1.807) is 42.7 Å². The lowest BCUT2D eigenvalue weighted by molar-refractivity contribution is -0.163. The number of piperidine rings is 2. The molecule has 0 bridgehead atoms. The summed E-state index contributed by atoms with van der Waals surface area (Å²) < 4.78 is 6.59. The van der Waals surface area contributed by atoms with Crippen LogP contribution in [0, 0.1) is 28.1 Å². The second-order valence-electron chi connectivity index (χ2n) is 18.5. The molecule has 4 aliphatic heterocycles. The molecule has 1 saturated carbocycles. The smallest absolute Gasteiger partial charge is 0.262 e. The Hall–Kier alpha value is -6.67. The van der Waals surface area contributed by atoms with Crippen LogP contribution in [-0.2, 0) is 9.59 Å². The van der Waals surface area contributed by atoms with Gasteiger partial charge in [0.05, 0.1) is 27.8 Å². The van der Waals surface area contributed by atoms with Gasteiger partial charge in [-0.15, -0.1) is 0 Å². The molecular weight excluding hydrogens is 805 g/mol. The lowest BCUT2D eigenvalue weighted by atomic mass is 9.49. The van der Waals surface area contributed by atoms with Crippen molar-refractivity contribution in [3.05, 3.63) is 87.5 Å². The van der Waals surface area contributed by atoms with Crippen molar-refractivity contribution in [3.8, 4) is 11.8 Å². The maximum atomic E-state index is 13.6. The molecule has 63 heavy (non-hydrogen) atoms. The Bertz CT molecular complexity index is 2620. The zero-order valence-corrected chi connectivity index (χ0v) is 35.8. The maximum Gasteiger partial charge on any atom is 0.262 e. The molecule has 5 amide bonds. The molecule has 3 saturated heterocycles. The number of piperazine rings is 1. The van der Waals surface area contributed by atoms with Crippen molar-refractivity contribution in [2.45, 2.75) is 71.6 Å². The number of carbonyl (C=O) groups is 5. The third-order valence-electron chi connectivity index (χ3n) is 13.8. The number of nitrogens with zero attached hydrogens (tertiary/aromatic N) is 7. The van der Waals surface area contributed by atoms with Crippen LogP contribution in [0.15, 0.2) is 59.7 Å². The maximum absolute atomic E-state index is 13.6. The van der Waals surface area contributed by atoms with Crippen molar-refractivity contribution in [3.63, 3.8) is 0 Å². The standard InChI is InChI=1S/C46H50N10O7/c1-45(2)42(46(3,4)43(45)63-34-10-5-27(22-47)37-31(34)8-11-35(57)50-37)52-38(59)28-23-48-44(49-24-28)55-15-13-26(14-16-55)25-53-17-19-54(20-18-53)29-6-7-30-32(21-29)41(62)56(40(30)61)33-9-12-36(58)51-39(33)60/h5-8,10-11,21,23-24,26,33,42-43H,9,12-20,25H2,1-4H3,(H,50,57)(H,52,59)(H,51,58,60). The first-order valence-electron chi connectivity index (χ1n) is 21.6. The SMILES string of the molecule is CC1(C)C(NC(=O)c2cnc(N3CCC(CN4CCN(c5ccc6c(c5)C(=O)N(C5CCC(=O)NC5=O)C6=O)CC4)CC3)nc2)C(C)(C)C1Oc1ccc(C#N)c2[nH]c(=O)ccc12. The van der Waals surface area contributed by atoms with Crippen LogP contribution in [0.3, 0.4) is 0 Å². The van der Waals surface area contributed by atoms with E-state index in [1.165, 1.54) is 6.07 Å². The fourth-order valence-electron chi connectivity index (χ4n) is 10.7. The van der Waals surface area contributed by atoms with E-state index < -0.39 is 40.5 Å². The summed E-state index contributed by atoms with van der Waals surface area (Å²) in [4.78, 5) is 96.0. The Labute approximate surface area is 363 Å². The van der Waals surface area contributed by atoms with E-state index in [-0.39, 0.29) is 47.6 Å². The number of hydrogen-bond donors (Lipinski definition) is 3. The Kier molecular flexibility index (Phi) is 10.5. The molecule has 1 atom stereocenters. The van der Waals surface area contributed by atoms with Gasteiger partial charge in [0, 0.05) is 98.6 Å². The van der Waals surface area contributed by atoms with Gasteiger partial charge in [0.25, 0.3) is 17.7 Å². The molecule has 0 radical (unpaired) electrons. The number of pyridine rings is 1. The number of aromatic amines is 1. The predicted molar refractivity (Wildman–Crippen MR) is 231 cm³/mol. The quantitative estimate of drug-likeness (QED) is 0.207. The molecule has 326 valence electrons. The summed E-state index contributed by atoms with van der Waals surface area (Å²) in [6.45, 7) is 14.1. The van der Waals surface area contributed by atoms with Gasteiger partial charge in [0.1, 0.15) is 24.0 Å². The number of H-pyrrole nitrogens is 1. The van der Waals surface area contributed by atoms with E-state index >= 15 is 0 Å². The number of ether oxygens (including phenoxy) is 1. The van der Waals surface area contributed by atoms with Crippen LogP contribution in [0.25, 0.3) is 10.9 Å². The highest BCUT2D eigenvalue weighted by Gasteiger charge is 2.64. The molecule has 0 spiro atoms. The van der Waals surface area contributed by atoms with Crippen molar-refractivity contribution in [2.24, 2.45) is 16.7 Å². The van der Waals surface area contributed by atoms with Crippen LogP contribution < -0.4 is 30.7 Å². The minimum atomic E-state index is -0.987. The number of amides is 5. The van der Waals surface area contributed by atoms with Crippen molar-refractivity contribution < 1.29 is 28.7 Å². The number of carbonyl (C=O) groups excluding carboxylic acids is 5. The Morgan fingerprint density at radius 2 is 1.56 bits per heavy atom. The highest BCUT2D eigenvalue weighted by Crippen LogP contribution is 2.56. The fourth-order valence-corrected chi connectivity index (χ4v) is 10.7. The average molecular weight is 855 g/mol. The lowest BCUT2D eigenvalue weighted by Gasteiger charge is -2.63. The van der Waals surface area contributed by atoms with Crippen LogP contribution in [-0.4, -0.2) is 118 Å². The molecule has 9 rings (SSSR count). The first kappa shape index (κ1) is 41.7. The summed E-state index contributed by atoms with van der Waals surface area (Å²) in [7, 11) is 0. The second kappa shape index (κ2) is 15.9. The number of hydrogen-bond acceptors (Lipinski definition) is 13. The predicted octanol–water partition coefficient (Wildman–Crippen LogP) is 3.24. The van der Waals surface area contributed by atoms with E-state index in [0.29, 0.717) is 39.6 Å². The first-order valence-corrected chi connectivity index (χ1v) is 21.6. The van der Waals surface area contributed by atoms with Gasteiger partial charge in [-0.3, -0.25) is 43.9 Å². The van der Waals surface area contributed by atoms with Crippen LogP contribution >= 0.6 is 0 Å². The van der Waals surface area contributed by atoms with Gasteiger partial charge in [-0.05, 0) is 61.6 Å². The van der Waals surface area contributed by atoms with Gasteiger partial charge < -0.3 is 24.8 Å². The van der Waals surface area contributed by atoms with Crippen molar-refractivity contribution >= 4 is 52.1 Å². The van der Waals surface area contributed by atoms with E-state index in [4.69, 9.17) is 4.74 Å². The minimum Gasteiger partial charge on any atom is -0.488 e. The zero-order chi connectivity index (χ0) is 44.4. The molecule has 1 unspecified atom stereocenters. The van der Waals surface area contributed by atoms with Crippen molar-refractivity contribution in [2.75, 3.05) is 55.6 Å². The molecule has 1 aliphatic carbocycles. The Morgan fingerprint density at radius 1 is 0.857 bits per heavy atom. The number of nitrogens with one attached hydrogen (secondary N) is 3. The Morgan fingerprint density at radius 3 is 2.24 bits per heavy atom. The molecule has 4 aromatic rings. The van der Waals surface area contributed by atoms with E-state index in [1.807, 2.05) is 6.07 Å². The highest BCUT2D eigenvalue weighted by atomic mass is 16.5. The summed E-state index contributed by atoms with van der Waals surface area (Å²) in [5.74, 6) is -0.615. The molecule has 6 heterocycles. The number of rotatable bonds is 9. The van der Waals surface area contributed by atoms with Gasteiger partial charge in [0.15, 0.2) is 0 Å². The molecule has 17 heteroatoms. The molecule has 4 fully saturated rings. The van der Waals surface area contributed by atoms with Crippen LogP contribution in [0.4, 0.5) is 11.6 Å². The van der Waals surface area contributed by atoms with E-state index in [9.17, 15) is 34.0 Å². The number of anilines is 2. The highest BCUT2D eigenvalue weighted by molar-refractivity contribution is 6.23. The Balaban J connectivity index is 0.743. The van der Waals surface area contributed by atoms with Gasteiger partial charge in [-0.2, -0.15) is 5.26 Å². The second-order valence-corrected chi connectivity index (χ2v) is 18.5. The van der Waals surface area contributed by atoms with E-state index in [2.05, 4.69) is 74.0 Å². The van der Waals surface area contributed by atoms with Gasteiger partial charge >= 0.3 is 0 Å². The number of benzene rings is 2. The normalized spacial score (nSPS) is 23.5. The summed E-state index contributed by atoms with van der Waals surface area (Å²) in [6.07, 6.45) is 5.06. The topological polar surface area (TPSA) is 214 Å².